The van der Waals surface area contributed by atoms with Gasteiger partial charge in [0.2, 0.25) is 0 Å². The van der Waals surface area contributed by atoms with Crippen LogP contribution in [0.25, 0.3) is 0 Å². The van der Waals surface area contributed by atoms with Gasteiger partial charge in [0.1, 0.15) is 0 Å². The highest BCUT2D eigenvalue weighted by Gasteiger charge is 2.19. The van der Waals surface area contributed by atoms with Crippen LogP contribution in [0.1, 0.15) is 31.7 Å². The van der Waals surface area contributed by atoms with E-state index >= 15 is 0 Å². The molecule has 5 heteroatoms. The fourth-order valence-electron chi connectivity index (χ4n) is 2.64. The summed E-state index contributed by atoms with van der Waals surface area (Å²) < 4.78 is 0. The number of nitrogens with one attached hydrogen (secondary N) is 1. The van der Waals surface area contributed by atoms with Gasteiger partial charge in [-0.15, -0.1) is 24.0 Å². The molecular formula is C16H27IN4. The average molecular weight is 402 g/mol. The SMILES string of the molecule is CCC(CN=C(N)Nc1ccc(C)cc1)N1CCCC1.I. The van der Waals surface area contributed by atoms with Crippen molar-refractivity contribution in [1.29, 1.82) is 0 Å². The van der Waals surface area contributed by atoms with Crippen molar-refractivity contribution in [2.24, 2.45) is 10.7 Å². The van der Waals surface area contributed by atoms with E-state index in [-0.39, 0.29) is 24.0 Å². The number of anilines is 1. The van der Waals surface area contributed by atoms with Crippen LogP contribution in [0.15, 0.2) is 29.3 Å². The van der Waals surface area contributed by atoms with Crippen LogP contribution < -0.4 is 11.1 Å². The zero-order valence-corrected chi connectivity index (χ0v) is 15.3. The van der Waals surface area contributed by atoms with Gasteiger partial charge in [0.05, 0.1) is 6.54 Å². The third-order valence-electron chi connectivity index (χ3n) is 3.92. The van der Waals surface area contributed by atoms with E-state index in [1.807, 2.05) is 12.1 Å². The van der Waals surface area contributed by atoms with Crippen molar-refractivity contribution < 1.29 is 0 Å². The average Bonchev–Trinajstić information content (AvgIpc) is 2.96. The van der Waals surface area contributed by atoms with Crippen LogP contribution in [0.2, 0.25) is 0 Å². The molecule has 0 radical (unpaired) electrons. The van der Waals surface area contributed by atoms with Crippen LogP contribution in [0.3, 0.4) is 0 Å². The second-order valence-electron chi connectivity index (χ2n) is 5.52. The van der Waals surface area contributed by atoms with E-state index in [0.29, 0.717) is 12.0 Å². The van der Waals surface area contributed by atoms with Crippen LogP contribution >= 0.6 is 24.0 Å². The van der Waals surface area contributed by atoms with E-state index < -0.39 is 0 Å². The van der Waals surface area contributed by atoms with Crippen molar-refractivity contribution in [3.05, 3.63) is 29.8 Å². The lowest BCUT2D eigenvalue weighted by Gasteiger charge is -2.24. The highest BCUT2D eigenvalue weighted by molar-refractivity contribution is 14.0. The molecule has 3 N–H and O–H groups in total. The summed E-state index contributed by atoms with van der Waals surface area (Å²) in [6, 6.07) is 8.70. The fraction of sp³-hybridized carbons (Fsp3) is 0.562. The standard InChI is InChI=1S/C16H26N4.HI/c1-3-15(20-10-4-5-11-20)12-18-16(17)19-14-8-6-13(2)7-9-14;/h6-9,15H,3-5,10-12H2,1-2H3,(H3,17,18,19);1H. The summed E-state index contributed by atoms with van der Waals surface area (Å²) >= 11 is 0. The molecule has 0 amide bonds. The van der Waals surface area contributed by atoms with E-state index in [1.54, 1.807) is 0 Å². The number of likely N-dealkylation sites (tertiary alicyclic amines) is 1. The minimum absolute atomic E-state index is 0. The van der Waals surface area contributed by atoms with Crippen LogP contribution in [-0.4, -0.2) is 36.5 Å². The zero-order chi connectivity index (χ0) is 14.4. The largest absolute Gasteiger partial charge is 0.370 e. The summed E-state index contributed by atoms with van der Waals surface area (Å²) in [5, 5.41) is 3.15. The van der Waals surface area contributed by atoms with Crippen molar-refractivity contribution in [3.8, 4) is 0 Å². The third-order valence-corrected chi connectivity index (χ3v) is 3.92. The number of aryl methyl sites for hydroxylation is 1. The summed E-state index contributed by atoms with van der Waals surface area (Å²) in [4.78, 5) is 7.03. The zero-order valence-electron chi connectivity index (χ0n) is 13.0. The first-order chi connectivity index (χ1) is 9.69. The van der Waals surface area contributed by atoms with E-state index in [9.17, 15) is 0 Å². The predicted molar refractivity (Wildman–Crippen MR) is 102 cm³/mol. The molecule has 0 aromatic heterocycles. The van der Waals surface area contributed by atoms with E-state index in [4.69, 9.17) is 5.73 Å². The van der Waals surface area contributed by atoms with Gasteiger partial charge in [0.25, 0.3) is 0 Å². The number of halogens is 1. The van der Waals surface area contributed by atoms with E-state index in [1.165, 1.54) is 31.5 Å². The number of hydrogen-bond acceptors (Lipinski definition) is 2. The number of nitrogens with two attached hydrogens (primary N) is 1. The number of nitrogens with zero attached hydrogens (tertiary/aromatic N) is 2. The highest BCUT2D eigenvalue weighted by Crippen LogP contribution is 2.14. The third kappa shape index (κ3) is 5.82. The smallest absolute Gasteiger partial charge is 0.193 e. The van der Waals surface area contributed by atoms with Crippen LogP contribution in [0.5, 0.6) is 0 Å². The van der Waals surface area contributed by atoms with E-state index in [0.717, 1.165) is 18.7 Å². The molecule has 1 aliphatic rings. The molecule has 1 heterocycles. The lowest BCUT2D eigenvalue weighted by molar-refractivity contribution is 0.242. The van der Waals surface area contributed by atoms with Gasteiger partial charge in [-0.05, 0) is 51.4 Å². The molecule has 0 spiro atoms. The monoisotopic (exact) mass is 402 g/mol. The van der Waals surface area contributed by atoms with Gasteiger partial charge in [-0.25, -0.2) is 0 Å². The molecule has 4 nitrogen and oxygen atoms in total. The minimum atomic E-state index is 0. The Morgan fingerprint density at radius 2 is 1.90 bits per heavy atom. The lowest BCUT2D eigenvalue weighted by atomic mass is 10.2. The summed E-state index contributed by atoms with van der Waals surface area (Å²) in [6.07, 6.45) is 3.76. The fourth-order valence-corrected chi connectivity index (χ4v) is 2.64. The molecule has 1 fully saturated rings. The second-order valence-corrected chi connectivity index (χ2v) is 5.52. The van der Waals surface area contributed by atoms with Crippen molar-refractivity contribution in [2.75, 3.05) is 25.0 Å². The molecular weight excluding hydrogens is 375 g/mol. The lowest BCUT2D eigenvalue weighted by Crippen LogP contribution is -2.35. The Morgan fingerprint density at radius 1 is 1.29 bits per heavy atom. The first-order valence-corrected chi connectivity index (χ1v) is 7.56. The molecule has 1 aromatic carbocycles. The first-order valence-electron chi connectivity index (χ1n) is 7.56. The van der Waals surface area contributed by atoms with Gasteiger partial charge < -0.3 is 11.1 Å². The van der Waals surface area contributed by atoms with Crippen LogP contribution in [-0.2, 0) is 0 Å². The molecule has 118 valence electrons. The summed E-state index contributed by atoms with van der Waals surface area (Å²) in [5.74, 6) is 0.506. The van der Waals surface area contributed by atoms with Crippen molar-refractivity contribution in [1.82, 2.24) is 4.90 Å². The Kier molecular flexibility index (Phi) is 8.03. The number of benzene rings is 1. The maximum Gasteiger partial charge on any atom is 0.193 e. The number of hydrogen-bond donors (Lipinski definition) is 2. The summed E-state index contributed by atoms with van der Waals surface area (Å²) in [5.41, 5.74) is 8.20. The van der Waals surface area contributed by atoms with Crippen LogP contribution in [0.4, 0.5) is 5.69 Å². The van der Waals surface area contributed by atoms with Gasteiger partial charge >= 0.3 is 0 Å². The topological polar surface area (TPSA) is 53.6 Å². The van der Waals surface area contributed by atoms with E-state index in [2.05, 4.69) is 41.2 Å². The van der Waals surface area contributed by atoms with Gasteiger partial charge in [0, 0.05) is 11.7 Å². The molecule has 2 rings (SSSR count). The maximum atomic E-state index is 5.97. The predicted octanol–water partition coefficient (Wildman–Crippen LogP) is 3.21. The Hall–Kier alpha value is -0.820. The molecule has 1 aromatic rings. The molecule has 0 bridgehead atoms. The number of guanidine groups is 1. The number of rotatable bonds is 5. The second kappa shape index (κ2) is 9.25. The number of aliphatic imine (C=N–C) groups is 1. The van der Waals surface area contributed by atoms with Crippen molar-refractivity contribution >= 4 is 35.6 Å². The molecule has 1 atom stereocenters. The molecule has 0 saturated carbocycles. The molecule has 21 heavy (non-hydrogen) atoms. The van der Waals surface area contributed by atoms with Gasteiger partial charge in [0.15, 0.2) is 5.96 Å². The van der Waals surface area contributed by atoms with Gasteiger partial charge in [-0.3, -0.25) is 9.89 Å². The first kappa shape index (κ1) is 18.2. The summed E-state index contributed by atoms with van der Waals surface area (Å²) in [7, 11) is 0. The Labute approximate surface area is 145 Å². The maximum absolute atomic E-state index is 5.97. The van der Waals surface area contributed by atoms with Gasteiger partial charge in [-0.2, -0.15) is 0 Å². The van der Waals surface area contributed by atoms with Crippen molar-refractivity contribution in [3.63, 3.8) is 0 Å². The molecule has 1 unspecified atom stereocenters. The Bertz CT molecular complexity index is 438. The summed E-state index contributed by atoms with van der Waals surface area (Å²) in [6.45, 7) is 7.49. The highest BCUT2D eigenvalue weighted by atomic mass is 127. The minimum Gasteiger partial charge on any atom is -0.370 e. The van der Waals surface area contributed by atoms with Crippen LogP contribution in [0, 0.1) is 6.92 Å². The van der Waals surface area contributed by atoms with Gasteiger partial charge in [-0.1, -0.05) is 24.6 Å². The normalized spacial score (nSPS) is 17.3. The molecule has 0 aliphatic carbocycles. The molecule has 1 aliphatic heterocycles. The van der Waals surface area contributed by atoms with Crippen molar-refractivity contribution in [2.45, 2.75) is 39.2 Å². The molecule has 1 saturated heterocycles. The Morgan fingerprint density at radius 3 is 2.48 bits per heavy atom. The quantitative estimate of drug-likeness (QED) is 0.452. The Balaban J connectivity index is 0.00000220.